The maximum Gasteiger partial charge on any atom is 0.233 e. The lowest BCUT2D eigenvalue weighted by atomic mass is 10.3. The number of aromatic nitrogens is 3. The second-order valence-electron chi connectivity index (χ2n) is 5.81. The Morgan fingerprint density at radius 1 is 1.04 bits per heavy atom. The summed E-state index contributed by atoms with van der Waals surface area (Å²) in [6, 6.07) is 7.64. The monoisotopic (exact) mass is 348 g/mol. The van der Waals surface area contributed by atoms with Crippen LogP contribution in [0.5, 0.6) is 0 Å². The number of rotatable bonds is 5. The van der Waals surface area contributed by atoms with Crippen molar-refractivity contribution in [1.82, 2.24) is 15.0 Å². The summed E-state index contributed by atoms with van der Waals surface area (Å²) in [4.78, 5) is 15.6. The Morgan fingerprint density at radius 3 is 2.38 bits per heavy atom. The van der Waals surface area contributed by atoms with Gasteiger partial charge in [0.05, 0.1) is 13.2 Å². The fraction of sp³-hybridized carbons (Fsp3) is 0.438. The van der Waals surface area contributed by atoms with Crippen molar-refractivity contribution >= 4 is 35.1 Å². The Kier molecular flexibility index (Phi) is 5.32. The first-order chi connectivity index (χ1) is 11.6. The standard InChI is InChI=1S/C16H21ClN6O/c1-11(2)18-14-20-15(19-13-5-3-12(17)4-6-13)22-16(21-14)23-7-9-24-10-8-23/h3-6,11H,7-10H2,1-2H3,(H2,18,19,20,21,22). The van der Waals surface area contributed by atoms with Crippen molar-refractivity contribution in [2.24, 2.45) is 0 Å². The van der Waals surface area contributed by atoms with E-state index in [1.165, 1.54) is 0 Å². The number of anilines is 4. The average Bonchev–Trinajstić information content (AvgIpc) is 2.57. The molecule has 1 saturated heterocycles. The molecule has 0 atom stereocenters. The number of morpholine rings is 1. The second-order valence-corrected chi connectivity index (χ2v) is 6.25. The van der Waals surface area contributed by atoms with E-state index in [0.717, 1.165) is 18.8 Å². The number of nitrogens with one attached hydrogen (secondary N) is 2. The SMILES string of the molecule is CC(C)Nc1nc(Nc2ccc(Cl)cc2)nc(N2CCOCC2)n1. The van der Waals surface area contributed by atoms with Crippen molar-refractivity contribution in [3.8, 4) is 0 Å². The van der Waals surface area contributed by atoms with E-state index in [1.807, 2.05) is 38.1 Å². The zero-order valence-corrected chi connectivity index (χ0v) is 14.5. The molecule has 0 bridgehead atoms. The van der Waals surface area contributed by atoms with Crippen LogP contribution in [-0.4, -0.2) is 47.3 Å². The molecule has 3 rings (SSSR count). The second kappa shape index (κ2) is 7.63. The number of ether oxygens (including phenoxy) is 1. The van der Waals surface area contributed by atoms with Crippen LogP contribution in [0.15, 0.2) is 24.3 Å². The number of hydrogen-bond donors (Lipinski definition) is 2. The minimum atomic E-state index is 0.230. The van der Waals surface area contributed by atoms with E-state index < -0.39 is 0 Å². The van der Waals surface area contributed by atoms with E-state index in [4.69, 9.17) is 16.3 Å². The molecule has 2 N–H and O–H groups in total. The van der Waals surface area contributed by atoms with Crippen LogP contribution in [0.1, 0.15) is 13.8 Å². The molecule has 7 nitrogen and oxygen atoms in total. The van der Waals surface area contributed by atoms with Crippen LogP contribution in [-0.2, 0) is 4.74 Å². The fourth-order valence-electron chi connectivity index (χ4n) is 2.31. The summed E-state index contributed by atoms with van der Waals surface area (Å²) in [5, 5.41) is 7.13. The molecule has 0 radical (unpaired) electrons. The molecule has 0 unspecified atom stereocenters. The van der Waals surface area contributed by atoms with Gasteiger partial charge in [0, 0.05) is 29.8 Å². The van der Waals surface area contributed by atoms with Gasteiger partial charge < -0.3 is 20.3 Å². The molecule has 0 aliphatic carbocycles. The molecule has 2 heterocycles. The molecule has 0 saturated carbocycles. The topological polar surface area (TPSA) is 75.2 Å². The van der Waals surface area contributed by atoms with Gasteiger partial charge >= 0.3 is 0 Å². The van der Waals surface area contributed by atoms with E-state index >= 15 is 0 Å². The zero-order chi connectivity index (χ0) is 16.9. The number of hydrogen-bond acceptors (Lipinski definition) is 7. The largest absolute Gasteiger partial charge is 0.378 e. The van der Waals surface area contributed by atoms with Gasteiger partial charge in [0.1, 0.15) is 0 Å². The van der Waals surface area contributed by atoms with Crippen LogP contribution in [0.2, 0.25) is 5.02 Å². The highest BCUT2D eigenvalue weighted by molar-refractivity contribution is 6.30. The van der Waals surface area contributed by atoms with Crippen LogP contribution in [0.3, 0.4) is 0 Å². The molecular formula is C16H21ClN6O. The number of halogens is 1. The third-order valence-corrected chi connectivity index (χ3v) is 3.69. The Hall–Kier alpha value is -2.12. The van der Waals surface area contributed by atoms with Crippen LogP contribution < -0.4 is 15.5 Å². The molecule has 1 aromatic carbocycles. The lowest BCUT2D eigenvalue weighted by Crippen LogP contribution is -2.37. The van der Waals surface area contributed by atoms with Crippen molar-refractivity contribution in [2.75, 3.05) is 41.8 Å². The van der Waals surface area contributed by atoms with Crippen molar-refractivity contribution < 1.29 is 4.74 Å². The number of benzene rings is 1. The van der Waals surface area contributed by atoms with E-state index in [-0.39, 0.29) is 6.04 Å². The van der Waals surface area contributed by atoms with Crippen molar-refractivity contribution in [2.45, 2.75) is 19.9 Å². The molecule has 1 aromatic heterocycles. The lowest BCUT2D eigenvalue weighted by molar-refractivity contribution is 0.122. The Bertz CT molecular complexity index is 673. The first-order valence-corrected chi connectivity index (χ1v) is 8.36. The van der Waals surface area contributed by atoms with Crippen LogP contribution >= 0.6 is 11.6 Å². The maximum absolute atomic E-state index is 5.93. The number of nitrogens with zero attached hydrogens (tertiary/aromatic N) is 4. The van der Waals surface area contributed by atoms with Crippen molar-refractivity contribution in [3.63, 3.8) is 0 Å². The first-order valence-electron chi connectivity index (χ1n) is 7.98. The summed E-state index contributed by atoms with van der Waals surface area (Å²) in [5.74, 6) is 1.70. The predicted octanol–water partition coefficient (Wildman–Crippen LogP) is 2.93. The van der Waals surface area contributed by atoms with Crippen LogP contribution in [0.4, 0.5) is 23.5 Å². The van der Waals surface area contributed by atoms with E-state index in [0.29, 0.717) is 36.1 Å². The quantitative estimate of drug-likeness (QED) is 0.860. The summed E-state index contributed by atoms with van der Waals surface area (Å²) in [5.41, 5.74) is 0.869. The van der Waals surface area contributed by atoms with Crippen molar-refractivity contribution in [3.05, 3.63) is 29.3 Å². The highest BCUT2D eigenvalue weighted by Gasteiger charge is 2.17. The summed E-state index contributed by atoms with van der Waals surface area (Å²) in [6.07, 6.45) is 0. The van der Waals surface area contributed by atoms with Gasteiger partial charge in [0.2, 0.25) is 17.8 Å². The fourth-order valence-corrected chi connectivity index (χ4v) is 2.44. The Morgan fingerprint density at radius 2 is 1.71 bits per heavy atom. The summed E-state index contributed by atoms with van der Waals surface area (Å²) in [7, 11) is 0. The lowest BCUT2D eigenvalue weighted by Gasteiger charge is -2.27. The third-order valence-electron chi connectivity index (χ3n) is 3.44. The van der Waals surface area contributed by atoms with Gasteiger partial charge in [-0.15, -0.1) is 0 Å². The van der Waals surface area contributed by atoms with Gasteiger partial charge in [-0.05, 0) is 38.1 Å². The van der Waals surface area contributed by atoms with Crippen molar-refractivity contribution in [1.29, 1.82) is 0 Å². The van der Waals surface area contributed by atoms with Gasteiger partial charge in [-0.1, -0.05) is 11.6 Å². The Labute approximate surface area is 146 Å². The normalized spacial score (nSPS) is 14.8. The average molecular weight is 349 g/mol. The van der Waals surface area contributed by atoms with E-state index in [2.05, 4.69) is 30.5 Å². The molecular weight excluding hydrogens is 328 g/mol. The van der Waals surface area contributed by atoms with Gasteiger partial charge in [0.25, 0.3) is 0 Å². The summed E-state index contributed by atoms with van der Waals surface area (Å²) >= 11 is 5.93. The van der Waals surface area contributed by atoms with Gasteiger partial charge in [-0.2, -0.15) is 15.0 Å². The maximum atomic E-state index is 5.93. The summed E-state index contributed by atoms with van der Waals surface area (Å²) < 4.78 is 5.40. The zero-order valence-electron chi connectivity index (χ0n) is 13.8. The molecule has 1 fully saturated rings. The highest BCUT2D eigenvalue weighted by atomic mass is 35.5. The van der Waals surface area contributed by atoms with Crippen LogP contribution in [0.25, 0.3) is 0 Å². The molecule has 0 amide bonds. The summed E-state index contributed by atoms with van der Waals surface area (Å²) in [6.45, 7) is 6.99. The van der Waals surface area contributed by atoms with Gasteiger partial charge in [-0.25, -0.2) is 0 Å². The molecule has 1 aliphatic rings. The minimum absolute atomic E-state index is 0.230. The molecule has 1 aliphatic heterocycles. The van der Waals surface area contributed by atoms with E-state index in [9.17, 15) is 0 Å². The first kappa shape index (κ1) is 16.7. The van der Waals surface area contributed by atoms with E-state index in [1.54, 1.807) is 0 Å². The molecule has 24 heavy (non-hydrogen) atoms. The molecule has 8 heteroatoms. The smallest absolute Gasteiger partial charge is 0.233 e. The predicted molar refractivity (Wildman–Crippen MR) is 96.4 cm³/mol. The minimum Gasteiger partial charge on any atom is -0.378 e. The molecule has 0 spiro atoms. The third kappa shape index (κ3) is 4.46. The molecule has 128 valence electrons. The van der Waals surface area contributed by atoms with Gasteiger partial charge in [0.15, 0.2) is 0 Å². The van der Waals surface area contributed by atoms with Gasteiger partial charge in [-0.3, -0.25) is 0 Å². The highest BCUT2D eigenvalue weighted by Crippen LogP contribution is 2.20. The van der Waals surface area contributed by atoms with Crippen LogP contribution in [0, 0.1) is 0 Å². The Balaban J connectivity index is 1.86. The molecule has 2 aromatic rings.